The SMILES string of the molecule is CC1CN(S(=O)(=O)c2cc(Cl)cc(CCl)c2Cl)CCS1. The minimum atomic E-state index is -3.64. The van der Waals surface area contributed by atoms with Gasteiger partial charge >= 0.3 is 0 Å². The van der Waals surface area contributed by atoms with Crippen molar-refractivity contribution in [2.45, 2.75) is 22.9 Å². The maximum absolute atomic E-state index is 12.7. The van der Waals surface area contributed by atoms with Crippen LogP contribution >= 0.6 is 46.6 Å². The number of rotatable bonds is 3. The summed E-state index contributed by atoms with van der Waals surface area (Å²) in [7, 11) is -3.64. The molecular weight excluding hydrogens is 361 g/mol. The Morgan fingerprint density at radius 2 is 2.10 bits per heavy atom. The lowest BCUT2D eigenvalue weighted by atomic mass is 10.2. The highest BCUT2D eigenvalue weighted by atomic mass is 35.5. The summed E-state index contributed by atoms with van der Waals surface area (Å²) in [6.07, 6.45) is 0. The molecule has 0 spiro atoms. The van der Waals surface area contributed by atoms with Gasteiger partial charge in [-0.2, -0.15) is 16.1 Å². The molecule has 1 aromatic rings. The largest absolute Gasteiger partial charge is 0.244 e. The first kappa shape index (κ1) is 16.7. The molecule has 0 aromatic heterocycles. The summed E-state index contributed by atoms with van der Waals surface area (Å²) >= 11 is 19.7. The lowest BCUT2D eigenvalue weighted by molar-refractivity contribution is 0.424. The fourth-order valence-corrected chi connectivity index (χ4v) is 5.99. The van der Waals surface area contributed by atoms with Crippen LogP contribution in [-0.4, -0.2) is 36.8 Å². The van der Waals surface area contributed by atoms with Crippen LogP contribution in [0.5, 0.6) is 0 Å². The van der Waals surface area contributed by atoms with Crippen molar-refractivity contribution in [2.24, 2.45) is 0 Å². The van der Waals surface area contributed by atoms with Crippen LogP contribution in [-0.2, 0) is 15.9 Å². The van der Waals surface area contributed by atoms with Crippen molar-refractivity contribution in [3.63, 3.8) is 0 Å². The molecule has 0 aliphatic carbocycles. The van der Waals surface area contributed by atoms with E-state index >= 15 is 0 Å². The highest BCUT2D eigenvalue weighted by Crippen LogP contribution is 2.33. The van der Waals surface area contributed by atoms with Gasteiger partial charge in [0.2, 0.25) is 10.0 Å². The van der Waals surface area contributed by atoms with Crippen LogP contribution in [0.15, 0.2) is 17.0 Å². The lowest BCUT2D eigenvalue weighted by Crippen LogP contribution is -2.41. The first-order valence-corrected chi connectivity index (χ1v) is 9.80. The van der Waals surface area contributed by atoms with Crippen molar-refractivity contribution < 1.29 is 8.42 Å². The van der Waals surface area contributed by atoms with E-state index in [1.54, 1.807) is 17.8 Å². The summed E-state index contributed by atoms with van der Waals surface area (Å²) in [6.45, 7) is 2.97. The third-order valence-electron chi connectivity index (χ3n) is 3.04. The number of halogens is 3. The second kappa shape index (κ2) is 6.63. The molecule has 1 heterocycles. The smallest absolute Gasteiger partial charge is 0.207 e. The fraction of sp³-hybridized carbons (Fsp3) is 0.500. The second-order valence-corrected chi connectivity index (χ2v) is 9.09. The summed E-state index contributed by atoms with van der Waals surface area (Å²) in [6, 6.07) is 2.98. The van der Waals surface area contributed by atoms with E-state index < -0.39 is 10.0 Å². The molecule has 1 unspecified atom stereocenters. The number of hydrogen-bond acceptors (Lipinski definition) is 3. The zero-order chi connectivity index (χ0) is 14.9. The molecule has 2 rings (SSSR count). The predicted molar refractivity (Wildman–Crippen MR) is 86.7 cm³/mol. The maximum Gasteiger partial charge on any atom is 0.244 e. The average molecular weight is 375 g/mol. The van der Waals surface area contributed by atoms with Gasteiger partial charge in [-0.15, -0.1) is 11.6 Å². The topological polar surface area (TPSA) is 37.4 Å². The zero-order valence-electron chi connectivity index (χ0n) is 10.8. The normalized spacial score (nSPS) is 21.1. The second-order valence-electron chi connectivity index (χ2n) is 4.56. The highest BCUT2D eigenvalue weighted by Gasteiger charge is 2.31. The van der Waals surface area contributed by atoms with Crippen LogP contribution in [0.4, 0.5) is 0 Å². The van der Waals surface area contributed by atoms with Crippen molar-refractivity contribution in [1.29, 1.82) is 0 Å². The number of sulfonamides is 1. The summed E-state index contributed by atoms with van der Waals surface area (Å²) in [4.78, 5) is 0.0430. The molecule has 1 aliphatic rings. The van der Waals surface area contributed by atoms with Crippen LogP contribution in [0.2, 0.25) is 10.0 Å². The Morgan fingerprint density at radius 1 is 1.40 bits per heavy atom. The Kier molecular flexibility index (Phi) is 5.54. The molecule has 0 amide bonds. The van der Waals surface area contributed by atoms with Crippen LogP contribution in [0, 0.1) is 0 Å². The van der Waals surface area contributed by atoms with Gasteiger partial charge in [0, 0.05) is 35.0 Å². The van der Waals surface area contributed by atoms with E-state index in [0.29, 0.717) is 23.7 Å². The molecule has 0 radical (unpaired) electrons. The van der Waals surface area contributed by atoms with E-state index in [1.165, 1.54) is 10.4 Å². The van der Waals surface area contributed by atoms with Crippen LogP contribution in [0.25, 0.3) is 0 Å². The summed E-state index contributed by atoms with van der Waals surface area (Å²) in [5.41, 5.74) is 0.527. The molecule has 1 aliphatic heterocycles. The summed E-state index contributed by atoms with van der Waals surface area (Å²) in [5.74, 6) is 0.898. The first-order valence-electron chi connectivity index (χ1n) is 6.02. The van der Waals surface area contributed by atoms with Crippen molar-refractivity contribution in [1.82, 2.24) is 4.31 Å². The van der Waals surface area contributed by atoms with E-state index in [0.717, 1.165) is 5.75 Å². The van der Waals surface area contributed by atoms with Gasteiger partial charge in [0.15, 0.2) is 0 Å². The van der Waals surface area contributed by atoms with Gasteiger partial charge in [0.25, 0.3) is 0 Å². The average Bonchev–Trinajstić information content (AvgIpc) is 2.40. The minimum absolute atomic E-state index is 0.0430. The standard InChI is InChI=1S/C12H14Cl3NO2S2/c1-8-7-16(2-3-19-8)20(17,18)11-5-10(14)4-9(6-13)12(11)15/h4-5,8H,2-3,6-7H2,1H3. The monoisotopic (exact) mass is 373 g/mol. The Bertz CT molecular complexity index is 607. The van der Waals surface area contributed by atoms with Crippen LogP contribution in [0.1, 0.15) is 12.5 Å². The van der Waals surface area contributed by atoms with Gasteiger partial charge in [-0.25, -0.2) is 8.42 Å². The molecule has 0 saturated carbocycles. The van der Waals surface area contributed by atoms with Crippen LogP contribution < -0.4 is 0 Å². The van der Waals surface area contributed by atoms with Crippen molar-refractivity contribution >= 4 is 56.6 Å². The highest BCUT2D eigenvalue weighted by molar-refractivity contribution is 8.00. The molecule has 3 nitrogen and oxygen atoms in total. The summed E-state index contributed by atoms with van der Waals surface area (Å²) < 4.78 is 26.9. The van der Waals surface area contributed by atoms with E-state index in [-0.39, 0.29) is 21.0 Å². The van der Waals surface area contributed by atoms with Crippen molar-refractivity contribution in [2.75, 3.05) is 18.8 Å². The zero-order valence-corrected chi connectivity index (χ0v) is 14.7. The van der Waals surface area contributed by atoms with Crippen LogP contribution in [0.3, 0.4) is 0 Å². The van der Waals surface area contributed by atoms with Crippen molar-refractivity contribution in [3.05, 3.63) is 27.7 Å². The molecular formula is C12H14Cl3NO2S2. The van der Waals surface area contributed by atoms with Gasteiger partial charge in [-0.05, 0) is 17.7 Å². The Labute approximate surface area is 138 Å². The molecule has 1 fully saturated rings. The molecule has 1 aromatic carbocycles. The van der Waals surface area contributed by atoms with Crippen molar-refractivity contribution in [3.8, 4) is 0 Å². The number of alkyl halides is 1. The van der Waals surface area contributed by atoms with E-state index in [1.807, 2.05) is 6.92 Å². The Hall–Kier alpha value is 0.350. The molecule has 1 atom stereocenters. The first-order chi connectivity index (χ1) is 9.36. The molecule has 20 heavy (non-hydrogen) atoms. The van der Waals surface area contributed by atoms with Gasteiger partial charge in [-0.3, -0.25) is 0 Å². The lowest BCUT2D eigenvalue weighted by Gasteiger charge is -2.30. The molecule has 112 valence electrons. The quantitative estimate of drug-likeness (QED) is 0.754. The third-order valence-corrected chi connectivity index (χ3v) is 7.14. The van der Waals surface area contributed by atoms with E-state index in [9.17, 15) is 8.42 Å². The molecule has 1 saturated heterocycles. The molecule has 8 heteroatoms. The van der Waals surface area contributed by atoms with Gasteiger partial charge in [0.05, 0.1) is 5.02 Å². The molecule has 0 N–H and O–H groups in total. The van der Waals surface area contributed by atoms with Gasteiger partial charge in [0.1, 0.15) is 4.90 Å². The Morgan fingerprint density at radius 3 is 2.70 bits per heavy atom. The predicted octanol–water partition coefficient (Wildman–Crippen LogP) is 3.86. The van der Waals surface area contributed by atoms with Gasteiger partial charge < -0.3 is 0 Å². The maximum atomic E-state index is 12.7. The number of nitrogens with zero attached hydrogens (tertiary/aromatic N) is 1. The third kappa shape index (κ3) is 3.39. The summed E-state index contributed by atoms with van der Waals surface area (Å²) in [5, 5.41) is 0.752. The Balaban J connectivity index is 2.46. The fourth-order valence-electron chi connectivity index (χ4n) is 2.05. The molecule has 0 bridgehead atoms. The van der Waals surface area contributed by atoms with E-state index in [2.05, 4.69) is 0 Å². The number of hydrogen-bond donors (Lipinski definition) is 0. The number of thioether (sulfide) groups is 1. The van der Waals surface area contributed by atoms with Gasteiger partial charge in [-0.1, -0.05) is 30.1 Å². The number of benzene rings is 1. The van der Waals surface area contributed by atoms with E-state index in [4.69, 9.17) is 34.8 Å². The minimum Gasteiger partial charge on any atom is -0.207 e.